The van der Waals surface area contributed by atoms with Crippen molar-refractivity contribution in [3.8, 4) is 0 Å². The van der Waals surface area contributed by atoms with E-state index in [1.54, 1.807) is 0 Å². The standard InChI is InChI=1S/C22H31N3O4/c1-24-11-9-22(10-12-24)21(27)23-19(16-28-15-17-6-3-2-4-7-17)20(26)25(22)14-18-8-5-13-29-18/h2-4,6-7,18-19H,5,8-16H2,1H3,(H,23,27). The van der Waals surface area contributed by atoms with E-state index in [4.69, 9.17) is 9.47 Å². The van der Waals surface area contributed by atoms with Gasteiger partial charge in [-0.25, -0.2) is 0 Å². The van der Waals surface area contributed by atoms with E-state index >= 15 is 0 Å². The molecule has 0 aromatic heterocycles. The Labute approximate surface area is 172 Å². The van der Waals surface area contributed by atoms with Gasteiger partial charge in [-0.1, -0.05) is 30.3 Å². The molecule has 2 unspecified atom stereocenters. The number of carbonyl (C=O) groups excluding carboxylic acids is 2. The van der Waals surface area contributed by atoms with Crippen molar-refractivity contribution in [3.05, 3.63) is 35.9 Å². The third-order valence-corrected chi connectivity index (χ3v) is 6.43. The van der Waals surface area contributed by atoms with Crippen LogP contribution in [0.5, 0.6) is 0 Å². The molecule has 0 bridgehead atoms. The summed E-state index contributed by atoms with van der Waals surface area (Å²) in [4.78, 5) is 30.7. The lowest BCUT2D eigenvalue weighted by Crippen LogP contribution is -2.74. The Morgan fingerprint density at radius 2 is 1.97 bits per heavy atom. The highest BCUT2D eigenvalue weighted by molar-refractivity contribution is 6.00. The minimum absolute atomic E-state index is 0.0206. The van der Waals surface area contributed by atoms with Crippen LogP contribution in [0.4, 0.5) is 0 Å². The second kappa shape index (κ2) is 8.81. The molecule has 29 heavy (non-hydrogen) atoms. The maximum Gasteiger partial charge on any atom is 0.248 e. The smallest absolute Gasteiger partial charge is 0.248 e. The van der Waals surface area contributed by atoms with Crippen LogP contribution in [0.2, 0.25) is 0 Å². The van der Waals surface area contributed by atoms with E-state index in [1.807, 2.05) is 35.2 Å². The van der Waals surface area contributed by atoms with Crippen LogP contribution in [0.15, 0.2) is 30.3 Å². The molecule has 7 heteroatoms. The van der Waals surface area contributed by atoms with Crippen molar-refractivity contribution < 1.29 is 19.1 Å². The van der Waals surface area contributed by atoms with Gasteiger partial charge in [0.1, 0.15) is 11.6 Å². The van der Waals surface area contributed by atoms with Gasteiger partial charge in [-0.2, -0.15) is 0 Å². The lowest BCUT2D eigenvalue weighted by atomic mass is 9.81. The topological polar surface area (TPSA) is 71.1 Å². The monoisotopic (exact) mass is 401 g/mol. The summed E-state index contributed by atoms with van der Waals surface area (Å²) < 4.78 is 11.6. The van der Waals surface area contributed by atoms with E-state index in [0.29, 0.717) is 26.0 Å². The predicted molar refractivity (Wildman–Crippen MR) is 108 cm³/mol. The molecule has 3 heterocycles. The third kappa shape index (κ3) is 4.32. The van der Waals surface area contributed by atoms with Crippen molar-refractivity contribution in [1.82, 2.24) is 15.1 Å². The summed E-state index contributed by atoms with van der Waals surface area (Å²) >= 11 is 0. The van der Waals surface area contributed by atoms with Gasteiger partial charge < -0.3 is 24.6 Å². The Morgan fingerprint density at radius 1 is 1.21 bits per heavy atom. The summed E-state index contributed by atoms with van der Waals surface area (Å²) in [6, 6.07) is 9.20. The zero-order valence-electron chi connectivity index (χ0n) is 17.1. The molecular weight excluding hydrogens is 370 g/mol. The number of rotatable bonds is 6. The van der Waals surface area contributed by atoms with Crippen molar-refractivity contribution in [2.24, 2.45) is 0 Å². The molecule has 1 spiro atoms. The van der Waals surface area contributed by atoms with E-state index in [9.17, 15) is 9.59 Å². The molecule has 0 aliphatic carbocycles. The van der Waals surface area contributed by atoms with Crippen LogP contribution in [0.3, 0.4) is 0 Å². The largest absolute Gasteiger partial charge is 0.376 e. The SMILES string of the molecule is CN1CCC2(CC1)C(=O)NC(COCc1ccccc1)C(=O)N2CC1CCCO1. The highest BCUT2D eigenvalue weighted by Gasteiger charge is 2.53. The Kier molecular flexibility index (Phi) is 6.18. The molecule has 3 fully saturated rings. The first-order valence-corrected chi connectivity index (χ1v) is 10.6. The molecule has 2 amide bonds. The van der Waals surface area contributed by atoms with Gasteiger partial charge >= 0.3 is 0 Å². The van der Waals surface area contributed by atoms with Gasteiger partial charge in [0.25, 0.3) is 0 Å². The number of piperazine rings is 1. The highest BCUT2D eigenvalue weighted by Crippen LogP contribution is 2.34. The first-order chi connectivity index (χ1) is 14.1. The first kappa shape index (κ1) is 20.3. The Morgan fingerprint density at radius 3 is 2.66 bits per heavy atom. The maximum absolute atomic E-state index is 13.4. The molecule has 158 valence electrons. The number of piperidine rings is 1. The number of hydrogen-bond acceptors (Lipinski definition) is 5. The average Bonchev–Trinajstić information content (AvgIpc) is 3.25. The molecule has 3 aliphatic rings. The number of nitrogens with one attached hydrogen (secondary N) is 1. The fourth-order valence-corrected chi connectivity index (χ4v) is 4.60. The maximum atomic E-state index is 13.4. The second-order valence-electron chi connectivity index (χ2n) is 8.45. The van der Waals surface area contributed by atoms with Crippen molar-refractivity contribution in [2.75, 3.05) is 39.9 Å². The zero-order chi connectivity index (χ0) is 20.3. The summed E-state index contributed by atoms with van der Waals surface area (Å²) in [6.07, 6.45) is 3.29. The summed E-state index contributed by atoms with van der Waals surface area (Å²) in [5.74, 6) is -0.0887. The van der Waals surface area contributed by atoms with Crippen molar-refractivity contribution in [2.45, 2.75) is 50.0 Å². The van der Waals surface area contributed by atoms with E-state index in [2.05, 4.69) is 17.3 Å². The zero-order valence-corrected chi connectivity index (χ0v) is 17.1. The van der Waals surface area contributed by atoms with Crippen LogP contribution in [-0.4, -0.2) is 79.2 Å². The first-order valence-electron chi connectivity index (χ1n) is 10.6. The average molecular weight is 402 g/mol. The van der Waals surface area contributed by atoms with Crippen LogP contribution in [0.25, 0.3) is 0 Å². The van der Waals surface area contributed by atoms with Gasteiger partial charge in [0, 0.05) is 26.2 Å². The number of nitrogens with zero attached hydrogens (tertiary/aromatic N) is 2. The minimum Gasteiger partial charge on any atom is -0.376 e. The number of benzene rings is 1. The predicted octanol–water partition coefficient (Wildman–Crippen LogP) is 1.17. The number of ether oxygens (including phenoxy) is 2. The quantitative estimate of drug-likeness (QED) is 0.775. The van der Waals surface area contributed by atoms with Gasteiger partial charge in [-0.05, 0) is 38.3 Å². The van der Waals surface area contributed by atoms with E-state index < -0.39 is 11.6 Å². The lowest BCUT2D eigenvalue weighted by molar-refractivity contribution is -0.165. The van der Waals surface area contributed by atoms with Crippen molar-refractivity contribution in [1.29, 1.82) is 0 Å². The van der Waals surface area contributed by atoms with Crippen molar-refractivity contribution in [3.63, 3.8) is 0 Å². The summed E-state index contributed by atoms with van der Waals surface area (Å²) in [6.45, 7) is 3.43. The molecule has 3 saturated heterocycles. The van der Waals surface area contributed by atoms with Gasteiger partial charge in [-0.3, -0.25) is 9.59 Å². The number of carbonyl (C=O) groups is 2. The van der Waals surface area contributed by atoms with Crippen LogP contribution in [-0.2, 0) is 25.7 Å². The number of amides is 2. The Balaban J connectivity index is 1.46. The molecule has 3 aliphatic heterocycles. The van der Waals surface area contributed by atoms with Crippen molar-refractivity contribution >= 4 is 11.8 Å². The number of hydrogen-bond donors (Lipinski definition) is 1. The van der Waals surface area contributed by atoms with E-state index in [-0.39, 0.29) is 24.5 Å². The van der Waals surface area contributed by atoms with Gasteiger partial charge in [0.05, 0.1) is 19.3 Å². The molecule has 1 N–H and O–H groups in total. The summed E-state index contributed by atoms with van der Waals surface area (Å²) in [5, 5.41) is 2.97. The van der Waals surface area contributed by atoms with Crippen LogP contribution >= 0.6 is 0 Å². The fourth-order valence-electron chi connectivity index (χ4n) is 4.60. The molecular formula is C22H31N3O4. The Bertz CT molecular complexity index is 712. The van der Waals surface area contributed by atoms with Gasteiger partial charge in [0.2, 0.25) is 11.8 Å². The molecule has 1 aromatic carbocycles. The van der Waals surface area contributed by atoms with Gasteiger partial charge in [-0.15, -0.1) is 0 Å². The normalized spacial score (nSPS) is 27.4. The second-order valence-corrected chi connectivity index (χ2v) is 8.45. The molecule has 1 aromatic rings. The summed E-state index contributed by atoms with van der Waals surface area (Å²) in [7, 11) is 2.06. The summed E-state index contributed by atoms with van der Waals surface area (Å²) in [5.41, 5.74) is 0.288. The fraction of sp³-hybridized carbons (Fsp3) is 0.636. The van der Waals surface area contributed by atoms with E-state index in [0.717, 1.165) is 38.1 Å². The highest BCUT2D eigenvalue weighted by atomic mass is 16.5. The third-order valence-electron chi connectivity index (χ3n) is 6.43. The molecule has 2 atom stereocenters. The lowest BCUT2D eigenvalue weighted by Gasteiger charge is -2.51. The molecule has 0 radical (unpaired) electrons. The molecule has 7 nitrogen and oxygen atoms in total. The van der Waals surface area contributed by atoms with Crippen LogP contribution in [0, 0.1) is 0 Å². The molecule has 4 rings (SSSR count). The van der Waals surface area contributed by atoms with Gasteiger partial charge in [0.15, 0.2) is 0 Å². The molecule has 0 saturated carbocycles. The number of likely N-dealkylation sites (tertiary alicyclic amines) is 1. The van der Waals surface area contributed by atoms with Crippen LogP contribution < -0.4 is 5.32 Å². The Hall–Kier alpha value is -1.96. The minimum atomic E-state index is -0.758. The van der Waals surface area contributed by atoms with Crippen LogP contribution in [0.1, 0.15) is 31.2 Å². The van der Waals surface area contributed by atoms with E-state index in [1.165, 1.54) is 0 Å².